The van der Waals surface area contributed by atoms with E-state index in [1.807, 2.05) is 7.11 Å². The summed E-state index contributed by atoms with van der Waals surface area (Å²) in [6.07, 6.45) is 3.89. The number of aryl methyl sites for hydroxylation is 1. The van der Waals surface area contributed by atoms with Gasteiger partial charge >= 0.3 is 0 Å². The molecular weight excluding hydrogens is 262 g/mol. The molecule has 0 amide bonds. The molecule has 1 aromatic rings. The zero-order chi connectivity index (χ0) is 15.4. The van der Waals surface area contributed by atoms with Gasteiger partial charge in [-0.15, -0.1) is 0 Å². The summed E-state index contributed by atoms with van der Waals surface area (Å²) >= 11 is 0. The molecule has 1 aliphatic rings. The molecule has 1 aromatic carbocycles. The molecule has 2 atom stereocenters. The number of hydrogen-bond acceptors (Lipinski definition) is 3. The maximum Gasteiger partial charge on any atom is 0.126 e. The lowest BCUT2D eigenvalue weighted by Gasteiger charge is -2.29. The van der Waals surface area contributed by atoms with E-state index in [0.717, 1.165) is 18.7 Å². The third kappa shape index (κ3) is 3.58. The molecule has 0 aliphatic heterocycles. The second-order valence-corrected chi connectivity index (χ2v) is 6.10. The van der Waals surface area contributed by atoms with Gasteiger partial charge < -0.3 is 14.8 Å². The van der Waals surface area contributed by atoms with Gasteiger partial charge in [0.1, 0.15) is 5.75 Å². The smallest absolute Gasteiger partial charge is 0.126 e. The Bertz CT molecular complexity index is 469. The maximum atomic E-state index is 5.84. The van der Waals surface area contributed by atoms with Crippen LogP contribution in [0.2, 0.25) is 0 Å². The van der Waals surface area contributed by atoms with Crippen LogP contribution in [0.5, 0.6) is 5.75 Å². The fourth-order valence-electron chi connectivity index (χ4n) is 3.06. The number of nitrogens with one attached hydrogen (secondary N) is 1. The van der Waals surface area contributed by atoms with Gasteiger partial charge in [-0.25, -0.2) is 0 Å². The van der Waals surface area contributed by atoms with Gasteiger partial charge in [0.2, 0.25) is 0 Å². The van der Waals surface area contributed by atoms with Crippen LogP contribution in [0.3, 0.4) is 0 Å². The molecule has 0 radical (unpaired) electrons. The summed E-state index contributed by atoms with van der Waals surface area (Å²) in [4.78, 5) is 0. The molecule has 0 spiro atoms. The summed E-state index contributed by atoms with van der Waals surface area (Å²) in [6.45, 7) is 7.45. The summed E-state index contributed by atoms with van der Waals surface area (Å²) in [5.74, 6) is 1.68. The molecule has 1 fully saturated rings. The standard InChI is InChI=1S/C18H29NO2/c1-6-11-19-16(18(21-5)14-8-9-14)15-10-7-12(2)13(3)17(15)20-4/h7,10,14,16,18-19H,6,8-9,11H2,1-5H3. The van der Waals surface area contributed by atoms with Crippen molar-refractivity contribution in [3.05, 3.63) is 28.8 Å². The van der Waals surface area contributed by atoms with Gasteiger partial charge in [-0.05, 0) is 56.7 Å². The van der Waals surface area contributed by atoms with Crippen LogP contribution in [-0.2, 0) is 4.74 Å². The Morgan fingerprint density at radius 2 is 1.95 bits per heavy atom. The topological polar surface area (TPSA) is 30.5 Å². The normalized spacial score (nSPS) is 17.6. The van der Waals surface area contributed by atoms with E-state index in [1.165, 1.54) is 29.5 Å². The van der Waals surface area contributed by atoms with Gasteiger partial charge in [-0.2, -0.15) is 0 Å². The molecule has 21 heavy (non-hydrogen) atoms. The van der Waals surface area contributed by atoms with Gasteiger partial charge in [-0.1, -0.05) is 19.1 Å². The van der Waals surface area contributed by atoms with Crippen molar-refractivity contribution in [3.8, 4) is 5.75 Å². The Hall–Kier alpha value is -1.06. The van der Waals surface area contributed by atoms with E-state index in [1.54, 1.807) is 7.11 Å². The van der Waals surface area contributed by atoms with Gasteiger partial charge in [-0.3, -0.25) is 0 Å². The predicted octanol–water partition coefficient (Wildman–Crippen LogP) is 3.78. The molecule has 1 N–H and O–H groups in total. The summed E-state index contributed by atoms with van der Waals surface area (Å²) in [5, 5.41) is 3.67. The number of ether oxygens (including phenoxy) is 2. The molecule has 0 bridgehead atoms. The van der Waals surface area contributed by atoms with Crippen LogP contribution in [0.15, 0.2) is 12.1 Å². The zero-order valence-corrected chi connectivity index (χ0v) is 14.0. The molecule has 2 rings (SSSR count). The quantitative estimate of drug-likeness (QED) is 0.790. The van der Waals surface area contributed by atoms with Crippen LogP contribution >= 0.6 is 0 Å². The second kappa shape index (κ2) is 7.28. The van der Waals surface area contributed by atoms with Crippen molar-refractivity contribution < 1.29 is 9.47 Å². The van der Waals surface area contributed by atoms with Crippen molar-refractivity contribution >= 4 is 0 Å². The van der Waals surface area contributed by atoms with E-state index < -0.39 is 0 Å². The van der Waals surface area contributed by atoms with Crippen LogP contribution in [0, 0.1) is 19.8 Å². The zero-order valence-electron chi connectivity index (χ0n) is 14.0. The van der Waals surface area contributed by atoms with Gasteiger partial charge in [0.25, 0.3) is 0 Å². The highest BCUT2D eigenvalue weighted by molar-refractivity contribution is 5.47. The Morgan fingerprint density at radius 3 is 2.48 bits per heavy atom. The lowest BCUT2D eigenvalue weighted by molar-refractivity contribution is 0.0499. The largest absolute Gasteiger partial charge is 0.496 e. The van der Waals surface area contributed by atoms with Gasteiger partial charge in [0.15, 0.2) is 0 Å². The van der Waals surface area contributed by atoms with Gasteiger partial charge in [0, 0.05) is 12.7 Å². The first-order valence-corrected chi connectivity index (χ1v) is 8.04. The highest BCUT2D eigenvalue weighted by atomic mass is 16.5. The van der Waals surface area contributed by atoms with E-state index in [-0.39, 0.29) is 12.1 Å². The molecule has 3 heteroatoms. The summed E-state index contributed by atoms with van der Waals surface area (Å²) in [7, 11) is 3.60. The van der Waals surface area contributed by atoms with Crippen molar-refractivity contribution in [2.75, 3.05) is 20.8 Å². The van der Waals surface area contributed by atoms with Crippen molar-refractivity contribution in [2.45, 2.75) is 52.2 Å². The first kappa shape index (κ1) is 16.3. The Balaban J connectivity index is 2.37. The third-order valence-corrected chi connectivity index (χ3v) is 4.55. The molecule has 1 saturated carbocycles. The molecule has 0 aromatic heterocycles. The fourth-order valence-corrected chi connectivity index (χ4v) is 3.06. The van der Waals surface area contributed by atoms with Crippen molar-refractivity contribution in [1.82, 2.24) is 5.32 Å². The maximum absolute atomic E-state index is 5.84. The summed E-state index contributed by atoms with van der Waals surface area (Å²) in [6, 6.07) is 4.59. The van der Waals surface area contributed by atoms with E-state index in [2.05, 4.69) is 38.2 Å². The van der Waals surface area contributed by atoms with E-state index in [0.29, 0.717) is 5.92 Å². The van der Waals surface area contributed by atoms with Crippen molar-refractivity contribution in [3.63, 3.8) is 0 Å². The fraction of sp³-hybridized carbons (Fsp3) is 0.667. The van der Waals surface area contributed by atoms with E-state index in [4.69, 9.17) is 9.47 Å². The molecule has 0 heterocycles. The molecule has 1 aliphatic carbocycles. The first-order chi connectivity index (χ1) is 10.1. The monoisotopic (exact) mass is 291 g/mol. The minimum absolute atomic E-state index is 0.205. The molecule has 118 valence electrons. The third-order valence-electron chi connectivity index (χ3n) is 4.55. The van der Waals surface area contributed by atoms with Crippen LogP contribution in [0.25, 0.3) is 0 Å². The number of rotatable bonds is 8. The SMILES string of the molecule is CCCNC(c1ccc(C)c(C)c1OC)C(OC)C1CC1. The molecule has 3 nitrogen and oxygen atoms in total. The predicted molar refractivity (Wildman–Crippen MR) is 87.0 cm³/mol. The van der Waals surface area contributed by atoms with E-state index >= 15 is 0 Å². The van der Waals surface area contributed by atoms with Crippen molar-refractivity contribution in [2.24, 2.45) is 5.92 Å². The Morgan fingerprint density at radius 1 is 1.24 bits per heavy atom. The van der Waals surface area contributed by atoms with Crippen LogP contribution in [-0.4, -0.2) is 26.9 Å². The Labute approximate surface area is 129 Å². The minimum atomic E-state index is 0.205. The molecule has 2 unspecified atom stereocenters. The van der Waals surface area contributed by atoms with Crippen LogP contribution in [0.1, 0.15) is 48.9 Å². The summed E-state index contributed by atoms with van der Waals surface area (Å²) in [5.41, 5.74) is 3.72. The second-order valence-electron chi connectivity index (χ2n) is 6.10. The van der Waals surface area contributed by atoms with Crippen molar-refractivity contribution in [1.29, 1.82) is 0 Å². The minimum Gasteiger partial charge on any atom is -0.496 e. The highest BCUT2D eigenvalue weighted by Crippen LogP contribution is 2.42. The average Bonchev–Trinajstić information content (AvgIpc) is 3.31. The average molecular weight is 291 g/mol. The van der Waals surface area contributed by atoms with Crippen LogP contribution < -0.4 is 10.1 Å². The molecule has 0 saturated heterocycles. The lowest BCUT2D eigenvalue weighted by Crippen LogP contribution is -2.35. The molecular formula is C18H29NO2. The summed E-state index contributed by atoms with van der Waals surface area (Å²) < 4.78 is 11.6. The Kier molecular flexibility index (Phi) is 5.65. The first-order valence-electron chi connectivity index (χ1n) is 8.04. The van der Waals surface area contributed by atoms with Crippen LogP contribution in [0.4, 0.5) is 0 Å². The number of benzene rings is 1. The lowest BCUT2D eigenvalue weighted by atomic mass is 9.93. The van der Waals surface area contributed by atoms with Gasteiger partial charge in [0.05, 0.1) is 19.3 Å². The number of hydrogen-bond donors (Lipinski definition) is 1. The van der Waals surface area contributed by atoms with E-state index in [9.17, 15) is 0 Å². The highest BCUT2D eigenvalue weighted by Gasteiger charge is 2.38. The number of methoxy groups -OCH3 is 2.